The zero-order chi connectivity index (χ0) is 12.5. The number of allylic oxidation sites excluding steroid dienone is 4. The van der Waals surface area contributed by atoms with Gasteiger partial charge < -0.3 is 0 Å². The molecule has 0 bridgehead atoms. The Hall–Kier alpha value is -0.850. The normalized spacial score (nSPS) is 25.1. The second-order valence-corrected chi connectivity index (χ2v) is 6.11. The number of ketones is 1. The number of Topliss-reactive ketones (excluding diaryl/α,β-unsaturated/α-hetero) is 1. The lowest BCUT2D eigenvalue weighted by molar-refractivity contribution is -0.116. The first-order valence-corrected chi connectivity index (χ1v) is 6.99. The van der Waals surface area contributed by atoms with Crippen LogP contribution < -0.4 is 0 Å². The third-order valence-corrected chi connectivity index (χ3v) is 4.33. The zero-order valence-corrected chi connectivity index (χ0v) is 11.4. The fourth-order valence-corrected chi connectivity index (χ4v) is 3.25. The fourth-order valence-electron chi connectivity index (χ4n) is 3.25. The number of hydrogen-bond donors (Lipinski definition) is 0. The molecule has 1 saturated carbocycles. The van der Waals surface area contributed by atoms with Gasteiger partial charge in [-0.1, -0.05) is 44.9 Å². The molecule has 0 amide bonds. The molecule has 17 heavy (non-hydrogen) atoms. The van der Waals surface area contributed by atoms with Crippen LogP contribution in [0, 0.1) is 11.3 Å². The van der Waals surface area contributed by atoms with Crippen molar-refractivity contribution in [1.82, 2.24) is 0 Å². The number of fused-ring (bicyclic) bond motifs is 1. The third kappa shape index (κ3) is 2.53. The molecular weight excluding hydrogens is 208 g/mol. The predicted octanol–water partition coefficient (Wildman–Crippen LogP) is 4.44. The maximum atomic E-state index is 11.8. The van der Waals surface area contributed by atoms with Crippen LogP contribution in [-0.2, 0) is 4.79 Å². The van der Waals surface area contributed by atoms with Crippen molar-refractivity contribution >= 4 is 5.78 Å². The predicted molar refractivity (Wildman–Crippen MR) is 71.8 cm³/mol. The van der Waals surface area contributed by atoms with Crippen LogP contribution in [0.4, 0.5) is 0 Å². The highest BCUT2D eigenvalue weighted by Crippen LogP contribution is 2.41. The van der Waals surface area contributed by atoms with E-state index in [9.17, 15) is 4.79 Å². The van der Waals surface area contributed by atoms with Crippen LogP contribution in [-0.4, -0.2) is 5.78 Å². The van der Waals surface area contributed by atoms with Gasteiger partial charge in [-0.2, -0.15) is 0 Å². The molecule has 0 heterocycles. The minimum Gasteiger partial charge on any atom is -0.295 e. The summed E-state index contributed by atoms with van der Waals surface area (Å²) in [5.74, 6) is 0.820. The summed E-state index contributed by atoms with van der Waals surface area (Å²) in [5, 5.41) is 0. The molecule has 0 spiro atoms. The van der Waals surface area contributed by atoms with Gasteiger partial charge in [-0.25, -0.2) is 0 Å². The van der Waals surface area contributed by atoms with E-state index < -0.39 is 0 Å². The molecule has 0 saturated heterocycles. The summed E-state index contributed by atoms with van der Waals surface area (Å²) in [4.78, 5) is 11.8. The molecule has 0 aromatic carbocycles. The molecule has 0 N–H and O–H groups in total. The van der Waals surface area contributed by atoms with Crippen LogP contribution in [0.2, 0.25) is 0 Å². The van der Waals surface area contributed by atoms with Crippen molar-refractivity contribution in [3.63, 3.8) is 0 Å². The lowest BCUT2D eigenvalue weighted by atomic mass is 9.71. The van der Waals surface area contributed by atoms with E-state index in [0.717, 1.165) is 24.8 Å². The number of rotatable bonds is 3. The molecule has 2 aliphatic rings. The molecule has 1 unspecified atom stereocenters. The Morgan fingerprint density at radius 2 is 2.18 bits per heavy atom. The third-order valence-electron chi connectivity index (χ3n) is 4.33. The van der Waals surface area contributed by atoms with E-state index in [0.29, 0.717) is 17.1 Å². The van der Waals surface area contributed by atoms with E-state index in [1.54, 1.807) is 5.57 Å². The first kappa shape index (κ1) is 12.6. The molecule has 0 aliphatic heterocycles. The Kier molecular flexibility index (Phi) is 3.56. The highest BCUT2D eigenvalue weighted by Gasteiger charge is 2.30. The highest BCUT2D eigenvalue weighted by atomic mass is 16.1. The molecule has 0 aromatic heterocycles. The van der Waals surface area contributed by atoms with Gasteiger partial charge in [0.1, 0.15) is 0 Å². The molecule has 0 radical (unpaired) electrons. The van der Waals surface area contributed by atoms with Crippen LogP contribution in [0.15, 0.2) is 23.3 Å². The topological polar surface area (TPSA) is 17.1 Å². The molecule has 94 valence electrons. The smallest absolute Gasteiger partial charge is 0.159 e. The molecule has 1 heteroatoms. The number of hydrogen-bond acceptors (Lipinski definition) is 1. The summed E-state index contributed by atoms with van der Waals surface area (Å²) in [5.41, 5.74) is 2.95. The number of carbonyl (C=O) groups is 1. The average Bonchev–Trinajstić information content (AvgIpc) is 2.29. The molecule has 0 aromatic rings. The number of carbonyl (C=O) groups excluding carboxylic acids is 1. The van der Waals surface area contributed by atoms with Crippen molar-refractivity contribution in [1.29, 1.82) is 0 Å². The largest absolute Gasteiger partial charge is 0.295 e. The first-order chi connectivity index (χ1) is 8.04. The standard InChI is InChI=1S/C16H24O/c1-4-10-16(2,3)13-8-9-14-12(11-13)6-5-7-15(14)17/h9,11-12H,4-8,10H2,1-3H3. The lowest BCUT2D eigenvalue weighted by Crippen LogP contribution is -2.24. The van der Waals surface area contributed by atoms with Crippen molar-refractivity contribution in [3.05, 3.63) is 23.3 Å². The Morgan fingerprint density at radius 3 is 2.88 bits per heavy atom. The van der Waals surface area contributed by atoms with E-state index in [2.05, 4.69) is 32.9 Å². The Morgan fingerprint density at radius 1 is 1.41 bits per heavy atom. The van der Waals surface area contributed by atoms with Crippen molar-refractivity contribution in [2.75, 3.05) is 0 Å². The van der Waals surface area contributed by atoms with E-state index in [4.69, 9.17) is 0 Å². The van der Waals surface area contributed by atoms with E-state index in [1.165, 1.54) is 19.3 Å². The summed E-state index contributed by atoms with van der Waals surface area (Å²) in [6.07, 6.45) is 11.1. The summed E-state index contributed by atoms with van der Waals surface area (Å²) in [7, 11) is 0. The second-order valence-electron chi connectivity index (χ2n) is 6.11. The molecule has 2 rings (SSSR count). The molecule has 2 aliphatic carbocycles. The fraction of sp³-hybridized carbons (Fsp3) is 0.688. The van der Waals surface area contributed by atoms with Crippen molar-refractivity contribution in [2.24, 2.45) is 11.3 Å². The summed E-state index contributed by atoms with van der Waals surface area (Å²) < 4.78 is 0. The van der Waals surface area contributed by atoms with Gasteiger partial charge in [0.2, 0.25) is 0 Å². The quantitative estimate of drug-likeness (QED) is 0.657. The van der Waals surface area contributed by atoms with Crippen LogP contribution in [0.25, 0.3) is 0 Å². The Balaban J connectivity index is 2.17. The lowest BCUT2D eigenvalue weighted by Gasteiger charge is -2.33. The van der Waals surface area contributed by atoms with Crippen molar-refractivity contribution in [2.45, 2.75) is 59.3 Å². The molecule has 1 atom stereocenters. The Bertz CT molecular complexity index is 371. The highest BCUT2D eigenvalue weighted by molar-refractivity contribution is 5.97. The van der Waals surface area contributed by atoms with Gasteiger partial charge in [0.25, 0.3) is 0 Å². The van der Waals surface area contributed by atoms with Gasteiger partial charge in [0, 0.05) is 12.3 Å². The van der Waals surface area contributed by atoms with Gasteiger partial charge in [-0.3, -0.25) is 4.79 Å². The molecule has 1 nitrogen and oxygen atoms in total. The molecule has 1 fully saturated rings. The van der Waals surface area contributed by atoms with Crippen molar-refractivity contribution in [3.8, 4) is 0 Å². The summed E-state index contributed by atoms with van der Waals surface area (Å²) in [6.45, 7) is 6.92. The summed E-state index contributed by atoms with van der Waals surface area (Å²) in [6, 6.07) is 0. The minimum absolute atomic E-state index is 0.303. The van der Waals surface area contributed by atoms with Crippen LogP contribution in [0.3, 0.4) is 0 Å². The first-order valence-electron chi connectivity index (χ1n) is 6.99. The SMILES string of the molecule is CCCC(C)(C)C1=CC2CCCC(=O)C2=CC1. The maximum Gasteiger partial charge on any atom is 0.159 e. The minimum atomic E-state index is 0.303. The van der Waals surface area contributed by atoms with E-state index >= 15 is 0 Å². The van der Waals surface area contributed by atoms with E-state index in [1.807, 2.05) is 0 Å². The van der Waals surface area contributed by atoms with Gasteiger partial charge in [0.05, 0.1) is 0 Å². The van der Waals surface area contributed by atoms with E-state index in [-0.39, 0.29) is 0 Å². The average molecular weight is 232 g/mol. The zero-order valence-electron chi connectivity index (χ0n) is 11.4. The van der Waals surface area contributed by atoms with Gasteiger partial charge >= 0.3 is 0 Å². The van der Waals surface area contributed by atoms with Crippen LogP contribution >= 0.6 is 0 Å². The van der Waals surface area contributed by atoms with Crippen LogP contribution in [0.1, 0.15) is 59.3 Å². The maximum absolute atomic E-state index is 11.8. The van der Waals surface area contributed by atoms with Crippen molar-refractivity contribution < 1.29 is 4.79 Å². The van der Waals surface area contributed by atoms with Gasteiger partial charge in [-0.15, -0.1) is 0 Å². The van der Waals surface area contributed by atoms with Crippen LogP contribution in [0.5, 0.6) is 0 Å². The Labute approximate surface area is 105 Å². The summed E-state index contributed by atoms with van der Waals surface area (Å²) >= 11 is 0. The monoisotopic (exact) mass is 232 g/mol. The van der Waals surface area contributed by atoms with Gasteiger partial charge in [-0.05, 0) is 36.7 Å². The molecular formula is C16H24O. The van der Waals surface area contributed by atoms with Gasteiger partial charge in [0.15, 0.2) is 5.78 Å². The second kappa shape index (κ2) is 4.80.